The van der Waals surface area contributed by atoms with Crippen LogP contribution in [-0.2, 0) is 0 Å². The number of carbonyl (C=O) groups is 1. The molecule has 3 aromatic rings. The van der Waals surface area contributed by atoms with Gasteiger partial charge in [-0.15, -0.1) is 0 Å². The van der Waals surface area contributed by atoms with Crippen molar-refractivity contribution < 1.29 is 9.53 Å². The first-order chi connectivity index (χ1) is 11.7. The summed E-state index contributed by atoms with van der Waals surface area (Å²) in [5.41, 5.74) is 9.23. The minimum atomic E-state index is -0.245. The smallest absolute Gasteiger partial charge is 0.255 e. The first kappa shape index (κ1) is 15.5. The molecule has 0 unspecified atom stereocenters. The summed E-state index contributed by atoms with van der Waals surface area (Å²) in [6.45, 7) is 0. The van der Waals surface area contributed by atoms with Gasteiger partial charge in [0.2, 0.25) is 0 Å². The average molecular weight is 320 g/mol. The third-order valence-corrected chi connectivity index (χ3v) is 3.55. The van der Waals surface area contributed by atoms with Crippen molar-refractivity contribution in [2.45, 2.75) is 0 Å². The fraction of sp³-hybridized carbons (Fsp3) is 0.0556. The Kier molecular flexibility index (Phi) is 4.38. The zero-order valence-electron chi connectivity index (χ0n) is 13.1. The van der Waals surface area contributed by atoms with Gasteiger partial charge in [-0.05, 0) is 42.0 Å². The summed E-state index contributed by atoms with van der Waals surface area (Å²) in [6.07, 6.45) is 4.87. The van der Waals surface area contributed by atoms with E-state index >= 15 is 0 Å². The molecule has 0 bridgehead atoms. The SMILES string of the molecule is COc1ccc(C(=O)Nc2cc(-c3cncnc3)ccc2N)cc1. The van der Waals surface area contributed by atoms with Crippen LogP contribution >= 0.6 is 0 Å². The second-order valence-electron chi connectivity index (χ2n) is 5.11. The number of aromatic nitrogens is 2. The Morgan fingerprint density at radius 1 is 1.04 bits per heavy atom. The van der Waals surface area contributed by atoms with E-state index in [4.69, 9.17) is 10.5 Å². The highest BCUT2D eigenvalue weighted by atomic mass is 16.5. The lowest BCUT2D eigenvalue weighted by Gasteiger charge is -2.11. The lowest BCUT2D eigenvalue weighted by molar-refractivity contribution is 0.102. The molecule has 0 fully saturated rings. The Hall–Kier alpha value is -3.41. The summed E-state index contributed by atoms with van der Waals surface area (Å²) in [4.78, 5) is 20.4. The van der Waals surface area contributed by atoms with Gasteiger partial charge in [-0.3, -0.25) is 4.79 Å². The lowest BCUT2D eigenvalue weighted by Crippen LogP contribution is -2.13. The Bertz CT molecular complexity index is 849. The topological polar surface area (TPSA) is 90.1 Å². The molecule has 1 aromatic heterocycles. The van der Waals surface area contributed by atoms with E-state index in [0.29, 0.717) is 22.7 Å². The van der Waals surface area contributed by atoms with E-state index in [1.165, 1.54) is 6.33 Å². The highest BCUT2D eigenvalue weighted by molar-refractivity contribution is 6.06. The van der Waals surface area contributed by atoms with E-state index in [2.05, 4.69) is 15.3 Å². The molecule has 120 valence electrons. The van der Waals surface area contributed by atoms with Crippen LogP contribution in [0.4, 0.5) is 11.4 Å². The van der Waals surface area contributed by atoms with Crippen LogP contribution in [-0.4, -0.2) is 23.0 Å². The summed E-state index contributed by atoms with van der Waals surface area (Å²) in [6, 6.07) is 12.3. The Labute approximate surface area is 139 Å². The maximum Gasteiger partial charge on any atom is 0.255 e. The number of hydrogen-bond acceptors (Lipinski definition) is 5. The van der Waals surface area contributed by atoms with E-state index in [-0.39, 0.29) is 5.91 Å². The number of anilines is 2. The van der Waals surface area contributed by atoms with Crippen molar-refractivity contribution >= 4 is 17.3 Å². The molecule has 6 heteroatoms. The zero-order valence-corrected chi connectivity index (χ0v) is 13.1. The molecule has 0 aliphatic heterocycles. The molecule has 0 atom stereocenters. The van der Waals surface area contributed by atoms with E-state index < -0.39 is 0 Å². The largest absolute Gasteiger partial charge is 0.497 e. The fourth-order valence-electron chi connectivity index (χ4n) is 2.23. The molecule has 24 heavy (non-hydrogen) atoms. The highest BCUT2D eigenvalue weighted by Crippen LogP contribution is 2.27. The maximum absolute atomic E-state index is 12.4. The normalized spacial score (nSPS) is 10.2. The molecule has 6 nitrogen and oxygen atoms in total. The van der Waals surface area contributed by atoms with Gasteiger partial charge in [-0.2, -0.15) is 0 Å². The van der Waals surface area contributed by atoms with Crippen LogP contribution in [0, 0.1) is 0 Å². The van der Waals surface area contributed by atoms with E-state index in [1.807, 2.05) is 6.07 Å². The minimum Gasteiger partial charge on any atom is -0.497 e. The van der Waals surface area contributed by atoms with Crippen LogP contribution < -0.4 is 15.8 Å². The standard InChI is InChI=1S/C18H16N4O2/c1-24-15-5-2-12(3-6-15)18(23)22-17-8-13(4-7-16(17)19)14-9-20-11-21-10-14/h2-11H,19H2,1H3,(H,22,23). The molecule has 3 N–H and O–H groups in total. The first-order valence-electron chi connectivity index (χ1n) is 7.27. The first-order valence-corrected chi connectivity index (χ1v) is 7.27. The summed E-state index contributed by atoms with van der Waals surface area (Å²) in [5, 5.41) is 2.83. The molecule has 0 saturated heterocycles. The van der Waals surface area contributed by atoms with Crippen LogP contribution in [0.1, 0.15) is 10.4 Å². The van der Waals surface area contributed by atoms with Crippen LogP contribution in [0.25, 0.3) is 11.1 Å². The van der Waals surface area contributed by atoms with Crippen molar-refractivity contribution in [3.05, 3.63) is 66.7 Å². The van der Waals surface area contributed by atoms with Crippen LogP contribution in [0.15, 0.2) is 61.2 Å². The van der Waals surface area contributed by atoms with Crippen molar-refractivity contribution in [2.75, 3.05) is 18.2 Å². The summed E-state index contributed by atoms with van der Waals surface area (Å²) >= 11 is 0. The summed E-state index contributed by atoms with van der Waals surface area (Å²) in [7, 11) is 1.58. The van der Waals surface area contributed by atoms with E-state index in [9.17, 15) is 4.79 Å². The molecule has 1 amide bonds. The van der Waals surface area contributed by atoms with Gasteiger partial charge >= 0.3 is 0 Å². The van der Waals surface area contributed by atoms with E-state index in [0.717, 1.165) is 11.1 Å². The highest BCUT2D eigenvalue weighted by Gasteiger charge is 2.10. The predicted molar refractivity (Wildman–Crippen MR) is 92.8 cm³/mol. The van der Waals surface area contributed by atoms with Gasteiger partial charge in [0.1, 0.15) is 12.1 Å². The molecule has 0 spiro atoms. The van der Waals surface area contributed by atoms with Gasteiger partial charge in [-0.25, -0.2) is 9.97 Å². The van der Waals surface area contributed by atoms with Crippen molar-refractivity contribution in [1.29, 1.82) is 0 Å². The number of rotatable bonds is 4. The Morgan fingerprint density at radius 2 is 1.75 bits per heavy atom. The molecule has 1 heterocycles. The van der Waals surface area contributed by atoms with Crippen molar-refractivity contribution in [3.63, 3.8) is 0 Å². The number of benzene rings is 2. The number of carbonyl (C=O) groups excluding carboxylic acids is 1. The zero-order chi connectivity index (χ0) is 16.9. The third-order valence-electron chi connectivity index (χ3n) is 3.55. The third kappa shape index (κ3) is 3.33. The van der Waals surface area contributed by atoms with Crippen molar-refractivity contribution in [1.82, 2.24) is 9.97 Å². The van der Waals surface area contributed by atoms with Crippen LogP contribution in [0.3, 0.4) is 0 Å². The quantitative estimate of drug-likeness (QED) is 0.721. The molecular formula is C18H16N4O2. The fourth-order valence-corrected chi connectivity index (χ4v) is 2.23. The number of amides is 1. The monoisotopic (exact) mass is 320 g/mol. The lowest BCUT2D eigenvalue weighted by atomic mass is 10.1. The number of hydrogen-bond donors (Lipinski definition) is 2. The van der Waals surface area contributed by atoms with Gasteiger partial charge in [0, 0.05) is 23.5 Å². The van der Waals surface area contributed by atoms with Gasteiger partial charge < -0.3 is 15.8 Å². The maximum atomic E-state index is 12.4. The average Bonchev–Trinajstić information content (AvgIpc) is 2.64. The van der Waals surface area contributed by atoms with Crippen LogP contribution in [0.2, 0.25) is 0 Å². The number of nitrogens with zero attached hydrogens (tertiary/aromatic N) is 2. The van der Waals surface area contributed by atoms with Gasteiger partial charge in [0.25, 0.3) is 5.91 Å². The second-order valence-corrected chi connectivity index (χ2v) is 5.11. The van der Waals surface area contributed by atoms with E-state index in [1.54, 1.807) is 55.9 Å². The number of nitrogens with two attached hydrogens (primary N) is 1. The molecule has 0 saturated carbocycles. The number of nitrogen functional groups attached to an aromatic ring is 1. The Balaban J connectivity index is 1.85. The van der Waals surface area contributed by atoms with Gasteiger partial charge in [0.15, 0.2) is 0 Å². The predicted octanol–water partition coefficient (Wildman–Crippen LogP) is 2.99. The molecule has 2 aromatic carbocycles. The van der Waals surface area contributed by atoms with Crippen molar-refractivity contribution in [2.24, 2.45) is 0 Å². The molecule has 0 radical (unpaired) electrons. The Morgan fingerprint density at radius 3 is 2.42 bits per heavy atom. The molecule has 0 aliphatic rings. The molecule has 0 aliphatic carbocycles. The van der Waals surface area contributed by atoms with Gasteiger partial charge in [-0.1, -0.05) is 6.07 Å². The molecular weight excluding hydrogens is 304 g/mol. The minimum absolute atomic E-state index is 0.245. The summed E-state index contributed by atoms with van der Waals surface area (Å²) in [5.74, 6) is 0.447. The number of ether oxygens (including phenoxy) is 1. The second kappa shape index (κ2) is 6.78. The van der Waals surface area contributed by atoms with Crippen molar-refractivity contribution in [3.8, 4) is 16.9 Å². The number of methoxy groups -OCH3 is 1. The summed E-state index contributed by atoms with van der Waals surface area (Å²) < 4.78 is 5.09. The van der Waals surface area contributed by atoms with Gasteiger partial charge in [0.05, 0.1) is 18.5 Å². The molecule has 3 rings (SSSR count). The number of nitrogens with one attached hydrogen (secondary N) is 1. The van der Waals surface area contributed by atoms with Crippen LogP contribution in [0.5, 0.6) is 5.75 Å².